The number of hydrogen-bond acceptors (Lipinski definition) is 4. The van der Waals surface area contributed by atoms with Gasteiger partial charge in [-0.15, -0.1) is 0 Å². The van der Waals surface area contributed by atoms with Crippen molar-refractivity contribution < 1.29 is 9.53 Å². The molecule has 5 heteroatoms. The van der Waals surface area contributed by atoms with Crippen molar-refractivity contribution in [2.45, 2.75) is 31.8 Å². The number of ether oxygens (including phenoxy) is 1. The fourth-order valence-corrected chi connectivity index (χ4v) is 2.31. The number of morpholine rings is 1. The molecule has 2 atom stereocenters. The van der Waals surface area contributed by atoms with Crippen molar-refractivity contribution in [1.29, 1.82) is 0 Å². The van der Waals surface area contributed by atoms with Crippen LogP contribution in [0.1, 0.15) is 36.9 Å². The molecule has 0 spiro atoms. The molecule has 1 aliphatic heterocycles. The zero-order valence-electron chi connectivity index (χ0n) is 12.8. The third-order valence-corrected chi connectivity index (χ3v) is 3.77. The number of amides is 1. The van der Waals surface area contributed by atoms with Gasteiger partial charge in [-0.05, 0) is 17.0 Å². The first-order valence-electron chi connectivity index (χ1n) is 7.52. The lowest BCUT2D eigenvalue weighted by molar-refractivity contribution is -0.125. The number of benzene rings is 1. The van der Waals surface area contributed by atoms with Crippen molar-refractivity contribution >= 4 is 5.91 Å². The fourth-order valence-electron chi connectivity index (χ4n) is 2.31. The highest BCUT2D eigenvalue weighted by molar-refractivity contribution is 5.82. The van der Waals surface area contributed by atoms with E-state index in [4.69, 9.17) is 10.5 Å². The second-order valence-corrected chi connectivity index (χ2v) is 5.75. The van der Waals surface area contributed by atoms with E-state index < -0.39 is 0 Å². The highest BCUT2D eigenvalue weighted by Crippen LogP contribution is 2.17. The van der Waals surface area contributed by atoms with Gasteiger partial charge in [-0.2, -0.15) is 0 Å². The Balaban J connectivity index is 1.83. The largest absolute Gasteiger partial charge is 0.378 e. The summed E-state index contributed by atoms with van der Waals surface area (Å²) >= 11 is 0. The molecule has 0 aliphatic carbocycles. The van der Waals surface area contributed by atoms with E-state index >= 15 is 0 Å². The summed E-state index contributed by atoms with van der Waals surface area (Å²) in [5.41, 5.74) is 8.46. The molecule has 1 fully saturated rings. The Morgan fingerprint density at radius 2 is 2.05 bits per heavy atom. The molecule has 21 heavy (non-hydrogen) atoms. The quantitative estimate of drug-likeness (QED) is 0.754. The number of carbonyl (C=O) groups is 1. The third-order valence-electron chi connectivity index (χ3n) is 3.77. The van der Waals surface area contributed by atoms with Gasteiger partial charge >= 0.3 is 0 Å². The van der Waals surface area contributed by atoms with Crippen molar-refractivity contribution in [2.75, 3.05) is 26.3 Å². The Labute approximate surface area is 126 Å². The van der Waals surface area contributed by atoms with Crippen molar-refractivity contribution in [2.24, 2.45) is 5.73 Å². The van der Waals surface area contributed by atoms with Crippen LogP contribution in [0.2, 0.25) is 0 Å². The zero-order valence-corrected chi connectivity index (χ0v) is 12.8. The summed E-state index contributed by atoms with van der Waals surface area (Å²) in [7, 11) is 0. The molecule has 2 unspecified atom stereocenters. The van der Waals surface area contributed by atoms with E-state index in [2.05, 4.69) is 36.6 Å². The molecule has 1 heterocycles. The molecule has 116 valence electrons. The molecule has 1 saturated heterocycles. The average Bonchev–Trinajstić information content (AvgIpc) is 2.53. The molecular weight excluding hydrogens is 266 g/mol. The summed E-state index contributed by atoms with van der Waals surface area (Å²) in [5.74, 6) is 0.455. The van der Waals surface area contributed by atoms with E-state index in [-0.39, 0.29) is 18.0 Å². The Hall–Kier alpha value is -1.43. The van der Waals surface area contributed by atoms with Crippen molar-refractivity contribution in [3.63, 3.8) is 0 Å². The van der Waals surface area contributed by atoms with Gasteiger partial charge in [0.15, 0.2) is 0 Å². The molecule has 4 N–H and O–H groups in total. The van der Waals surface area contributed by atoms with Crippen LogP contribution in [-0.4, -0.2) is 38.3 Å². The van der Waals surface area contributed by atoms with E-state index in [1.165, 1.54) is 5.56 Å². The van der Waals surface area contributed by atoms with E-state index in [1.54, 1.807) is 0 Å². The Morgan fingerprint density at radius 3 is 2.62 bits per heavy atom. The van der Waals surface area contributed by atoms with Gasteiger partial charge < -0.3 is 21.1 Å². The maximum Gasteiger partial charge on any atom is 0.239 e. The molecule has 0 saturated carbocycles. The molecular formula is C16H25N3O2. The second-order valence-electron chi connectivity index (χ2n) is 5.75. The first kappa shape index (κ1) is 15.9. The highest BCUT2D eigenvalue weighted by Gasteiger charge is 2.21. The van der Waals surface area contributed by atoms with E-state index in [0.717, 1.165) is 5.56 Å². The van der Waals surface area contributed by atoms with Crippen LogP contribution in [0.4, 0.5) is 0 Å². The number of carbonyl (C=O) groups excluding carboxylic acids is 1. The van der Waals surface area contributed by atoms with E-state index in [9.17, 15) is 4.79 Å². The summed E-state index contributed by atoms with van der Waals surface area (Å²) < 4.78 is 5.28. The summed E-state index contributed by atoms with van der Waals surface area (Å²) in [6.45, 7) is 6.54. The maximum absolute atomic E-state index is 12.0. The van der Waals surface area contributed by atoms with E-state index in [0.29, 0.717) is 32.2 Å². The fraction of sp³-hybridized carbons (Fsp3) is 0.562. The lowest BCUT2D eigenvalue weighted by Gasteiger charge is -2.23. The molecule has 1 aliphatic rings. The first-order valence-corrected chi connectivity index (χ1v) is 7.52. The normalized spacial score (nSPS) is 20.3. The summed E-state index contributed by atoms with van der Waals surface area (Å²) in [5, 5.41) is 6.01. The topological polar surface area (TPSA) is 76.4 Å². The zero-order chi connectivity index (χ0) is 15.2. The van der Waals surface area contributed by atoms with Crippen LogP contribution < -0.4 is 16.4 Å². The smallest absolute Gasteiger partial charge is 0.239 e. The molecule has 1 aromatic rings. The minimum absolute atomic E-state index is 0.0519. The van der Waals surface area contributed by atoms with Gasteiger partial charge in [0, 0.05) is 19.1 Å². The summed E-state index contributed by atoms with van der Waals surface area (Å²) in [6, 6.07) is 7.80. The Morgan fingerprint density at radius 1 is 1.38 bits per heavy atom. The van der Waals surface area contributed by atoms with Crippen LogP contribution in [-0.2, 0) is 9.53 Å². The van der Waals surface area contributed by atoms with E-state index in [1.807, 2.05) is 12.1 Å². The SMILES string of the molecule is CC(C)c1ccc(C(N)CNC(=O)C2COCCN2)cc1. The molecule has 5 nitrogen and oxygen atoms in total. The van der Waals surface area contributed by atoms with Gasteiger partial charge in [0.25, 0.3) is 0 Å². The van der Waals surface area contributed by atoms with Crippen LogP contribution in [0.5, 0.6) is 0 Å². The van der Waals surface area contributed by atoms with Gasteiger partial charge in [0.2, 0.25) is 5.91 Å². The van der Waals surface area contributed by atoms with Gasteiger partial charge in [0.1, 0.15) is 6.04 Å². The molecule has 0 aromatic heterocycles. The summed E-state index contributed by atoms with van der Waals surface area (Å²) in [6.07, 6.45) is 0. The molecule has 0 radical (unpaired) electrons. The van der Waals surface area contributed by atoms with Crippen LogP contribution in [0, 0.1) is 0 Å². The predicted octanol–water partition coefficient (Wildman–Crippen LogP) is 0.914. The lowest BCUT2D eigenvalue weighted by atomic mass is 9.99. The number of nitrogens with one attached hydrogen (secondary N) is 2. The number of hydrogen-bond donors (Lipinski definition) is 3. The number of rotatable bonds is 5. The third kappa shape index (κ3) is 4.52. The molecule has 0 bridgehead atoms. The molecule has 2 rings (SSSR count). The minimum atomic E-state index is -0.269. The first-order chi connectivity index (χ1) is 10.1. The average molecular weight is 291 g/mol. The highest BCUT2D eigenvalue weighted by atomic mass is 16.5. The van der Waals surface area contributed by atoms with Gasteiger partial charge in [-0.1, -0.05) is 38.1 Å². The lowest BCUT2D eigenvalue weighted by Crippen LogP contribution is -2.52. The summed E-state index contributed by atoms with van der Waals surface area (Å²) in [4.78, 5) is 12.0. The van der Waals surface area contributed by atoms with Crippen LogP contribution >= 0.6 is 0 Å². The predicted molar refractivity (Wildman–Crippen MR) is 83.1 cm³/mol. The second kappa shape index (κ2) is 7.54. The van der Waals surface area contributed by atoms with Crippen LogP contribution in [0.15, 0.2) is 24.3 Å². The molecule has 1 aromatic carbocycles. The monoisotopic (exact) mass is 291 g/mol. The molecule has 1 amide bonds. The van der Waals surface area contributed by atoms with Gasteiger partial charge in [-0.3, -0.25) is 4.79 Å². The van der Waals surface area contributed by atoms with Gasteiger partial charge in [0.05, 0.1) is 13.2 Å². The minimum Gasteiger partial charge on any atom is -0.378 e. The number of nitrogens with two attached hydrogens (primary N) is 1. The van der Waals surface area contributed by atoms with Gasteiger partial charge in [-0.25, -0.2) is 0 Å². The van der Waals surface area contributed by atoms with Crippen LogP contribution in [0.25, 0.3) is 0 Å². The maximum atomic E-state index is 12.0. The van der Waals surface area contributed by atoms with Crippen molar-refractivity contribution in [3.8, 4) is 0 Å². The van der Waals surface area contributed by atoms with Crippen molar-refractivity contribution in [1.82, 2.24) is 10.6 Å². The Kier molecular flexibility index (Phi) is 5.73. The standard InChI is InChI=1S/C16H25N3O2/c1-11(2)12-3-5-13(6-4-12)14(17)9-19-16(20)15-10-21-8-7-18-15/h3-6,11,14-15,18H,7-10,17H2,1-2H3,(H,19,20). The van der Waals surface area contributed by atoms with Crippen molar-refractivity contribution in [3.05, 3.63) is 35.4 Å². The Bertz CT molecular complexity index is 453. The van der Waals surface area contributed by atoms with Crippen LogP contribution in [0.3, 0.4) is 0 Å².